The van der Waals surface area contributed by atoms with Crippen LogP contribution in [-0.2, 0) is 11.2 Å². The van der Waals surface area contributed by atoms with Crippen LogP contribution in [0.1, 0.15) is 81.1 Å². The van der Waals surface area contributed by atoms with Crippen molar-refractivity contribution in [2.24, 2.45) is 0 Å². The Morgan fingerprint density at radius 2 is 1.40 bits per heavy atom. The highest BCUT2D eigenvalue weighted by Gasteiger charge is 2.29. The number of hydrogen-bond acceptors (Lipinski definition) is 6. The average molecular weight is 548 g/mol. The van der Waals surface area contributed by atoms with Gasteiger partial charge in [-0.2, -0.15) is 0 Å². The molecule has 40 heavy (non-hydrogen) atoms. The summed E-state index contributed by atoms with van der Waals surface area (Å²) < 4.78 is 0. The molecule has 0 saturated heterocycles. The molecule has 0 fully saturated rings. The summed E-state index contributed by atoms with van der Waals surface area (Å²) in [5, 5.41) is 15.6. The number of carbonyl (C=O) groups is 2. The maximum Gasteiger partial charge on any atom is 0.326 e. The number of carboxylic acid groups (broad SMARTS) is 1. The topological polar surface area (TPSA) is 116 Å². The largest absolute Gasteiger partial charge is 0.480 e. The van der Waals surface area contributed by atoms with Crippen LogP contribution >= 0.6 is 0 Å². The molecule has 3 N–H and O–H groups in total. The third-order valence-corrected chi connectivity index (χ3v) is 7.07. The molecule has 1 unspecified atom stereocenters. The maximum atomic E-state index is 12.7. The molecule has 8 nitrogen and oxygen atoms in total. The van der Waals surface area contributed by atoms with E-state index in [-0.39, 0.29) is 18.0 Å². The molecule has 8 heteroatoms. The van der Waals surface area contributed by atoms with Gasteiger partial charge < -0.3 is 20.6 Å². The van der Waals surface area contributed by atoms with Gasteiger partial charge in [-0.15, -0.1) is 0 Å². The van der Waals surface area contributed by atoms with Crippen molar-refractivity contribution in [3.05, 3.63) is 86.2 Å². The second-order valence-corrected chi connectivity index (χ2v) is 10.2. The normalized spacial score (nSPS) is 11.8. The summed E-state index contributed by atoms with van der Waals surface area (Å²) in [5.41, 5.74) is 1.06. The predicted octanol–water partition coefficient (Wildman–Crippen LogP) is 5.61. The second-order valence-electron chi connectivity index (χ2n) is 10.2. The van der Waals surface area contributed by atoms with E-state index in [0.29, 0.717) is 35.6 Å². The van der Waals surface area contributed by atoms with Gasteiger partial charge in [-0.3, -0.25) is 14.4 Å². The quantitative estimate of drug-likeness (QED) is 0.140. The summed E-state index contributed by atoms with van der Waals surface area (Å²) in [6.45, 7) is 5.61. The van der Waals surface area contributed by atoms with Crippen LogP contribution in [0.25, 0.3) is 0 Å². The van der Waals surface area contributed by atoms with E-state index in [1.807, 2.05) is 11.0 Å². The average Bonchev–Trinajstić information content (AvgIpc) is 2.97. The summed E-state index contributed by atoms with van der Waals surface area (Å²) in [4.78, 5) is 51.8. The van der Waals surface area contributed by atoms with Crippen molar-refractivity contribution in [1.82, 2.24) is 0 Å². The van der Waals surface area contributed by atoms with Crippen molar-refractivity contribution in [1.29, 1.82) is 0 Å². The Morgan fingerprint density at radius 1 is 0.800 bits per heavy atom. The number of nitrogens with one attached hydrogen (secondary N) is 2. The molecule has 0 saturated carbocycles. The van der Waals surface area contributed by atoms with Crippen molar-refractivity contribution in [3.63, 3.8) is 0 Å². The molecule has 1 atom stereocenters. The van der Waals surface area contributed by atoms with E-state index >= 15 is 0 Å². The zero-order valence-electron chi connectivity index (χ0n) is 23.6. The van der Waals surface area contributed by atoms with Crippen molar-refractivity contribution < 1.29 is 14.7 Å². The van der Waals surface area contributed by atoms with E-state index < -0.39 is 22.9 Å². The molecule has 1 amide bonds. The van der Waals surface area contributed by atoms with E-state index in [9.17, 15) is 24.3 Å². The van der Waals surface area contributed by atoms with Crippen LogP contribution in [0.3, 0.4) is 0 Å². The Hall–Kier alpha value is -3.94. The second kappa shape index (κ2) is 15.6. The summed E-state index contributed by atoms with van der Waals surface area (Å²) >= 11 is 0. The van der Waals surface area contributed by atoms with Crippen LogP contribution in [0, 0.1) is 0 Å². The van der Waals surface area contributed by atoms with Gasteiger partial charge in [-0.25, -0.2) is 4.79 Å². The van der Waals surface area contributed by atoms with Gasteiger partial charge in [0.2, 0.25) is 0 Å². The first kappa shape index (κ1) is 30.6. The van der Waals surface area contributed by atoms with Crippen molar-refractivity contribution in [2.45, 2.75) is 77.7 Å². The molecule has 0 aliphatic carbocycles. The zero-order valence-corrected chi connectivity index (χ0v) is 23.6. The van der Waals surface area contributed by atoms with E-state index in [2.05, 4.69) is 24.5 Å². The van der Waals surface area contributed by atoms with Crippen molar-refractivity contribution in [3.8, 4) is 0 Å². The number of carbonyl (C=O) groups excluding carboxylic acids is 1. The summed E-state index contributed by atoms with van der Waals surface area (Å²) in [6.07, 6.45) is 8.43. The number of anilines is 3. The van der Waals surface area contributed by atoms with Crippen LogP contribution < -0.4 is 26.4 Å². The Balaban J connectivity index is 1.70. The number of rotatable bonds is 18. The van der Waals surface area contributed by atoms with E-state index in [1.165, 1.54) is 0 Å². The third-order valence-electron chi connectivity index (χ3n) is 7.07. The van der Waals surface area contributed by atoms with Gasteiger partial charge >= 0.3 is 5.97 Å². The molecule has 0 aliphatic heterocycles. The first-order valence-corrected chi connectivity index (χ1v) is 14.4. The highest BCUT2D eigenvalue weighted by molar-refractivity contribution is 6.04. The van der Waals surface area contributed by atoms with Crippen LogP contribution in [0.15, 0.2) is 64.2 Å². The van der Waals surface area contributed by atoms with E-state index in [1.54, 1.807) is 48.5 Å². The molecular formula is C32H41N3O5. The van der Waals surface area contributed by atoms with Crippen LogP contribution in [-0.4, -0.2) is 36.1 Å². The van der Waals surface area contributed by atoms with Gasteiger partial charge in [0.15, 0.2) is 0 Å². The lowest BCUT2D eigenvalue weighted by molar-refractivity contribution is -0.137. The molecule has 0 bridgehead atoms. The van der Waals surface area contributed by atoms with Gasteiger partial charge in [-0.1, -0.05) is 82.7 Å². The van der Waals surface area contributed by atoms with Crippen LogP contribution in [0.5, 0.6) is 0 Å². The fourth-order valence-electron chi connectivity index (χ4n) is 4.74. The number of aliphatic carboxylic acids is 1. The predicted molar refractivity (Wildman–Crippen MR) is 161 cm³/mol. The summed E-state index contributed by atoms with van der Waals surface area (Å²) in [7, 11) is 0. The van der Waals surface area contributed by atoms with Gasteiger partial charge in [0, 0.05) is 30.8 Å². The molecule has 214 valence electrons. The van der Waals surface area contributed by atoms with Gasteiger partial charge in [0.05, 0.1) is 0 Å². The first-order chi connectivity index (χ1) is 19.3. The Kier molecular flexibility index (Phi) is 11.9. The zero-order chi connectivity index (χ0) is 28.9. The molecule has 0 aliphatic rings. The molecule has 3 aromatic rings. The number of carboxylic acids is 1. The maximum absolute atomic E-state index is 12.7. The lowest BCUT2D eigenvalue weighted by atomic mass is 10.0. The van der Waals surface area contributed by atoms with Crippen LogP contribution in [0.2, 0.25) is 0 Å². The van der Waals surface area contributed by atoms with E-state index in [0.717, 1.165) is 51.4 Å². The highest BCUT2D eigenvalue weighted by Crippen LogP contribution is 2.24. The molecule has 0 spiro atoms. The highest BCUT2D eigenvalue weighted by atomic mass is 16.4. The van der Waals surface area contributed by atoms with Crippen molar-refractivity contribution >= 4 is 28.9 Å². The summed E-state index contributed by atoms with van der Waals surface area (Å²) in [6, 6.07) is 14.7. The van der Waals surface area contributed by atoms with Crippen molar-refractivity contribution in [2.75, 3.05) is 28.6 Å². The van der Waals surface area contributed by atoms with Gasteiger partial charge in [0.1, 0.15) is 17.4 Å². The lowest BCUT2D eigenvalue weighted by Crippen LogP contribution is -2.46. The fraction of sp³-hybridized carbons (Fsp3) is 0.438. The molecule has 3 aromatic carbocycles. The molecule has 0 radical (unpaired) electrons. The van der Waals surface area contributed by atoms with Crippen LogP contribution in [0.4, 0.5) is 17.1 Å². The summed E-state index contributed by atoms with van der Waals surface area (Å²) in [5.74, 6) is -1.35. The Morgan fingerprint density at radius 3 is 1.95 bits per heavy atom. The molecule has 3 rings (SSSR count). The molecule has 0 heterocycles. The fourth-order valence-corrected chi connectivity index (χ4v) is 4.74. The minimum absolute atomic E-state index is 0.105. The number of nitrogens with zero attached hydrogens (tertiary/aromatic N) is 1. The SMILES string of the molecule is CCCCCCN(CCCCCC)c1c(NC(Cc2ccc(NC(=O)c3ccccc3)cc2)C(=O)O)c(=O)c1=O. The lowest BCUT2D eigenvalue weighted by Gasteiger charge is -2.29. The number of unbranched alkanes of at least 4 members (excludes halogenated alkanes) is 6. The minimum atomic E-state index is -1.11. The standard InChI is InChI=1S/C32H41N3O5/c1-3-5-7-12-20-35(21-13-8-6-4-2)28-27(29(36)30(28)37)34-26(32(39)40)22-23-16-18-25(19-17-23)33-31(38)24-14-10-9-11-15-24/h9-11,14-19,26,34H,3-8,12-13,20-22H2,1-2H3,(H,33,38)(H,39,40). The molecular weight excluding hydrogens is 506 g/mol. The smallest absolute Gasteiger partial charge is 0.326 e. The first-order valence-electron chi connectivity index (χ1n) is 14.4. The van der Waals surface area contributed by atoms with Gasteiger partial charge in [-0.05, 0) is 42.7 Å². The minimum Gasteiger partial charge on any atom is -0.480 e. The number of hydrogen-bond donors (Lipinski definition) is 3. The van der Waals surface area contributed by atoms with Gasteiger partial charge in [0.25, 0.3) is 16.8 Å². The Bertz CT molecular complexity index is 1280. The number of amides is 1. The number of benzene rings is 2. The Labute approximate surface area is 236 Å². The monoisotopic (exact) mass is 547 g/mol. The molecule has 0 aromatic heterocycles. The van der Waals surface area contributed by atoms with E-state index in [4.69, 9.17) is 0 Å². The third kappa shape index (κ3) is 8.53.